The van der Waals surface area contributed by atoms with Crippen LogP contribution < -0.4 is 0 Å². The summed E-state index contributed by atoms with van der Waals surface area (Å²) >= 11 is 1.21. The summed E-state index contributed by atoms with van der Waals surface area (Å²) in [6.45, 7) is 0. The minimum absolute atomic E-state index is 0.00201. The van der Waals surface area contributed by atoms with Gasteiger partial charge in [0, 0.05) is 42.1 Å². The number of hydrogen-bond acceptors (Lipinski definition) is 7. The predicted octanol–water partition coefficient (Wildman–Crippen LogP) is 5.07. The van der Waals surface area contributed by atoms with Crippen LogP contribution in [0.4, 0.5) is 27.8 Å². The molecule has 3 atom stereocenters. The van der Waals surface area contributed by atoms with Gasteiger partial charge in [0.1, 0.15) is 17.6 Å². The van der Waals surface area contributed by atoms with Gasteiger partial charge in [0.25, 0.3) is 6.43 Å². The Bertz CT molecular complexity index is 1420. The Hall–Kier alpha value is -2.44. The molecular formula is C24H25F5N4O3S2. The molecule has 2 saturated carbocycles. The molecule has 0 aliphatic heterocycles. The van der Waals surface area contributed by atoms with Crippen LogP contribution in [0.3, 0.4) is 0 Å². The smallest absolute Gasteiger partial charge is 0.282 e. The van der Waals surface area contributed by atoms with E-state index in [0.29, 0.717) is 23.3 Å². The topological polar surface area (TPSA) is 93.8 Å². The van der Waals surface area contributed by atoms with Gasteiger partial charge in [-0.1, -0.05) is 0 Å². The number of Topliss-reactive ketones (excluding diaryl/α,β-unsaturated/α-hetero) is 1. The van der Waals surface area contributed by atoms with Crippen LogP contribution in [0, 0.1) is 11.8 Å². The molecule has 14 heteroatoms. The number of hydrogen-bond donors (Lipinski definition) is 0. The van der Waals surface area contributed by atoms with Gasteiger partial charge in [-0.3, -0.25) is 4.79 Å². The SMILES string of the molecule is Cn1nc(C(F)F)cc1N=C=N[C@H]1CCc2sc(CC(=O)[C@H]3C[C@@H]3F)c(S(=O)(=O)CC3CC(F)(F)C3)c2C1. The summed E-state index contributed by atoms with van der Waals surface area (Å²) in [4.78, 5) is 21.9. The molecule has 2 fully saturated rings. The van der Waals surface area contributed by atoms with Crippen LogP contribution in [0.2, 0.25) is 0 Å². The zero-order valence-electron chi connectivity index (χ0n) is 20.3. The van der Waals surface area contributed by atoms with Crippen molar-refractivity contribution in [3.63, 3.8) is 0 Å². The molecule has 206 valence electrons. The van der Waals surface area contributed by atoms with E-state index in [-0.39, 0.29) is 35.8 Å². The number of nitrogens with zero attached hydrogens (tertiary/aromatic N) is 4. The summed E-state index contributed by atoms with van der Waals surface area (Å²) < 4.78 is 94.0. The number of halogens is 5. The number of rotatable bonds is 9. The zero-order valence-corrected chi connectivity index (χ0v) is 22.0. The van der Waals surface area contributed by atoms with Gasteiger partial charge in [0.15, 0.2) is 15.7 Å². The Morgan fingerprint density at radius 1 is 1.34 bits per heavy atom. The summed E-state index contributed by atoms with van der Waals surface area (Å²) in [5.41, 5.74) is 0.0823. The highest BCUT2D eigenvalue weighted by Crippen LogP contribution is 2.46. The molecule has 38 heavy (non-hydrogen) atoms. The first kappa shape index (κ1) is 27.1. The molecule has 5 rings (SSSR count). The molecule has 0 unspecified atom stereocenters. The van der Waals surface area contributed by atoms with Crippen LogP contribution in [-0.4, -0.2) is 53.9 Å². The van der Waals surface area contributed by atoms with Gasteiger partial charge in [0.2, 0.25) is 5.92 Å². The molecule has 0 spiro atoms. The third-order valence-corrected chi connectivity index (χ3v) is 10.6. The lowest BCUT2D eigenvalue weighted by Crippen LogP contribution is -2.39. The molecule has 3 aliphatic carbocycles. The van der Waals surface area contributed by atoms with Gasteiger partial charge in [-0.2, -0.15) is 10.1 Å². The highest BCUT2D eigenvalue weighted by molar-refractivity contribution is 7.91. The molecule has 0 bridgehead atoms. The van der Waals surface area contributed by atoms with Crippen LogP contribution in [0.1, 0.15) is 53.1 Å². The molecule has 0 amide bonds. The van der Waals surface area contributed by atoms with Crippen molar-refractivity contribution in [1.82, 2.24) is 9.78 Å². The molecule has 2 aromatic rings. The molecule has 0 saturated heterocycles. The average Bonchev–Trinajstić information content (AvgIpc) is 3.25. The van der Waals surface area contributed by atoms with Crippen LogP contribution in [0.15, 0.2) is 20.9 Å². The lowest BCUT2D eigenvalue weighted by atomic mass is 9.83. The standard InChI is InChI=1S/C24H25F5N4O3S2/c1-33-21(6-17(32-33)23(26)27)31-11-30-13-2-3-19-15(4-13)22(20(37-19)7-18(34)14-5-16(14)25)38(35,36)10-12-8-24(28,29)9-12/h6,12-14,16,23H,2-5,7-10H2,1H3/t13-,14-,16-/m0/s1. The number of aromatic nitrogens is 2. The lowest BCUT2D eigenvalue weighted by molar-refractivity contribution is -0.119. The van der Waals surface area contributed by atoms with E-state index < -0.39 is 70.5 Å². The number of fused-ring (bicyclic) bond motifs is 1. The van der Waals surface area contributed by atoms with Crippen molar-refractivity contribution in [2.45, 2.75) is 74.4 Å². The summed E-state index contributed by atoms with van der Waals surface area (Å²) in [7, 11) is -2.55. The van der Waals surface area contributed by atoms with Gasteiger partial charge < -0.3 is 0 Å². The molecule has 0 radical (unpaired) electrons. The highest BCUT2D eigenvalue weighted by atomic mass is 32.2. The number of aryl methyl sites for hydroxylation is 2. The maximum atomic E-state index is 13.5. The first-order chi connectivity index (χ1) is 17.8. The second kappa shape index (κ2) is 9.95. The number of alkyl halides is 5. The van der Waals surface area contributed by atoms with E-state index >= 15 is 0 Å². The van der Waals surface area contributed by atoms with Gasteiger partial charge in [-0.25, -0.2) is 40.0 Å². The molecule has 7 nitrogen and oxygen atoms in total. The number of carbonyl (C=O) groups excluding carboxylic acids is 1. The van der Waals surface area contributed by atoms with Gasteiger partial charge in [0.05, 0.1) is 28.6 Å². The van der Waals surface area contributed by atoms with Crippen molar-refractivity contribution < 1.29 is 35.2 Å². The van der Waals surface area contributed by atoms with Crippen molar-refractivity contribution in [3.8, 4) is 0 Å². The summed E-state index contributed by atoms with van der Waals surface area (Å²) in [6, 6.07) is 3.21. The monoisotopic (exact) mass is 576 g/mol. The van der Waals surface area contributed by atoms with E-state index in [1.807, 2.05) is 0 Å². The Morgan fingerprint density at radius 2 is 2.05 bits per heavy atom. The Balaban J connectivity index is 1.40. The minimum Gasteiger partial charge on any atom is -0.299 e. The maximum absolute atomic E-state index is 13.5. The van der Waals surface area contributed by atoms with Crippen LogP contribution in [0.5, 0.6) is 0 Å². The first-order valence-corrected chi connectivity index (χ1v) is 14.7. The van der Waals surface area contributed by atoms with E-state index in [2.05, 4.69) is 21.1 Å². The molecule has 2 heterocycles. The van der Waals surface area contributed by atoms with Crippen molar-refractivity contribution in [2.75, 3.05) is 5.75 Å². The third-order valence-electron chi connectivity index (χ3n) is 7.16. The van der Waals surface area contributed by atoms with E-state index in [4.69, 9.17) is 0 Å². The fourth-order valence-electron chi connectivity index (χ4n) is 5.12. The van der Waals surface area contributed by atoms with Gasteiger partial charge in [-0.15, -0.1) is 11.3 Å². The third kappa shape index (κ3) is 5.62. The number of thiophene rings is 1. The fourth-order valence-corrected chi connectivity index (χ4v) is 8.97. The average molecular weight is 577 g/mol. The Morgan fingerprint density at radius 3 is 2.66 bits per heavy atom. The van der Waals surface area contributed by atoms with Crippen molar-refractivity contribution in [2.24, 2.45) is 28.9 Å². The second-order valence-electron chi connectivity index (χ2n) is 10.3. The normalized spacial score (nSPS) is 24.4. The summed E-state index contributed by atoms with van der Waals surface area (Å²) in [5, 5.41) is 3.66. The molecular weight excluding hydrogens is 551 g/mol. The predicted molar refractivity (Wildman–Crippen MR) is 129 cm³/mol. The molecule has 0 aromatic carbocycles. The van der Waals surface area contributed by atoms with E-state index in [9.17, 15) is 35.2 Å². The zero-order chi connectivity index (χ0) is 27.4. The molecule has 3 aliphatic rings. The Labute approximate surface area is 219 Å². The van der Waals surface area contributed by atoms with Crippen molar-refractivity contribution in [3.05, 3.63) is 27.1 Å². The van der Waals surface area contributed by atoms with Crippen LogP contribution in [0.25, 0.3) is 0 Å². The molecule has 0 N–H and O–H groups in total. The van der Waals surface area contributed by atoms with Crippen molar-refractivity contribution in [1.29, 1.82) is 0 Å². The van der Waals surface area contributed by atoms with E-state index in [0.717, 1.165) is 10.9 Å². The summed E-state index contributed by atoms with van der Waals surface area (Å²) in [5.74, 6) is -4.93. The first-order valence-electron chi connectivity index (χ1n) is 12.2. The maximum Gasteiger partial charge on any atom is 0.282 e. The van der Waals surface area contributed by atoms with Crippen molar-refractivity contribution >= 4 is 38.8 Å². The number of ketones is 1. The van der Waals surface area contributed by atoms with Gasteiger partial charge in [-0.05, 0) is 37.2 Å². The van der Waals surface area contributed by atoms with Crippen LogP contribution in [-0.2, 0) is 40.9 Å². The minimum atomic E-state index is -4.00. The quantitative estimate of drug-likeness (QED) is 0.308. The highest BCUT2D eigenvalue weighted by Gasteiger charge is 2.48. The Kier molecular flexibility index (Phi) is 7.10. The van der Waals surface area contributed by atoms with E-state index in [1.54, 1.807) is 0 Å². The van der Waals surface area contributed by atoms with Gasteiger partial charge >= 0.3 is 0 Å². The number of carbonyl (C=O) groups is 1. The number of aliphatic imine (C=N–C) groups is 2. The lowest BCUT2D eigenvalue weighted by Gasteiger charge is -2.34. The largest absolute Gasteiger partial charge is 0.299 e. The second-order valence-corrected chi connectivity index (χ2v) is 13.4. The fraction of sp³-hybridized carbons (Fsp3) is 0.625. The van der Waals surface area contributed by atoms with E-state index in [1.165, 1.54) is 23.1 Å². The summed E-state index contributed by atoms with van der Waals surface area (Å²) in [6.07, 6.45) is -3.79. The number of sulfone groups is 1. The molecule has 2 aromatic heterocycles. The van der Waals surface area contributed by atoms with Crippen LogP contribution >= 0.6 is 11.3 Å².